The Balaban J connectivity index is 1.68. The molecule has 0 spiro atoms. The van der Waals surface area contributed by atoms with Gasteiger partial charge in [0.2, 0.25) is 11.8 Å². The monoisotopic (exact) mass is 424 g/mol. The number of nitrogens with zero attached hydrogens (tertiary/aromatic N) is 2. The first-order valence-corrected chi connectivity index (χ1v) is 10.4. The maximum Gasteiger partial charge on any atom is 0.277 e. The molecule has 2 atom stereocenters. The van der Waals surface area contributed by atoms with Gasteiger partial charge in [0.15, 0.2) is 5.69 Å². The summed E-state index contributed by atoms with van der Waals surface area (Å²) >= 11 is 0. The maximum absolute atomic E-state index is 12.6. The average Bonchev–Trinajstić information content (AvgIpc) is 3.27. The summed E-state index contributed by atoms with van der Waals surface area (Å²) in [5.74, 6) is -0.449. The molecule has 0 aliphatic heterocycles. The minimum atomic E-state index is -0.652. The summed E-state index contributed by atoms with van der Waals surface area (Å²) in [5.41, 5.74) is 12.9. The number of carbonyl (C=O) groups excluding carboxylic acids is 2. The number of carbonyl (C=O) groups is 2. The third kappa shape index (κ3) is 5.87. The number of nitrogens with one attached hydrogen (secondary N) is 2. The molecule has 3 rings (SSSR count). The molecule has 9 heteroatoms. The number of fused-ring (bicyclic) bond motifs is 1. The van der Waals surface area contributed by atoms with E-state index < -0.39 is 18.0 Å². The van der Waals surface area contributed by atoms with Gasteiger partial charge in [-0.15, -0.1) is 0 Å². The summed E-state index contributed by atoms with van der Waals surface area (Å²) in [6.45, 7) is 2.46. The second-order valence-corrected chi connectivity index (χ2v) is 7.33. The summed E-state index contributed by atoms with van der Waals surface area (Å²) in [6.07, 6.45) is 5.42. The number of oxazole rings is 1. The lowest BCUT2D eigenvalue weighted by molar-refractivity contribution is -0.123. The number of amides is 2. The molecule has 0 unspecified atom stereocenters. The van der Waals surface area contributed by atoms with E-state index in [1.54, 1.807) is 6.20 Å². The predicted molar refractivity (Wildman–Crippen MR) is 118 cm³/mol. The van der Waals surface area contributed by atoms with Gasteiger partial charge in [0.1, 0.15) is 12.3 Å². The number of hydrogen-bond donors (Lipinski definition) is 4. The molecule has 0 saturated carbocycles. The summed E-state index contributed by atoms with van der Waals surface area (Å²) < 4.78 is 5.51. The quantitative estimate of drug-likeness (QED) is 0.390. The Kier molecular flexibility index (Phi) is 7.69. The number of anilines is 1. The number of pyridine rings is 1. The van der Waals surface area contributed by atoms with Crippen LogP contribution in [0.3, 0.4) is 0 Å². The van der Waals surface area contributed by atoms with Crippen molar-refractivity contribution < 1.29 is 14.0 Å². The molecule has 164 valence electrons. The SMILES string of the molecule is CCC[C@@H](NC(=O)[C@H](N)CCCN)c1nc(C(=O)Nc2cnc3ccccc3c2)co1. The molecule has 0 aliphatic rings. The van der Waals surface area contributed by atoms with Gasteiger partial charge >= 0.3 is 0 Å². The Labute approximate surface area is 180 Å². The van der Waals surface area contributed by atoms with Crippen LogP contribution in [0.1, 0.15) is 55.0 Å². The van der Waals surface area contributed by atoms with Crippen molar-refractivity contribution in [2.75, 3.05) is 11.9 Å². The summed E-state index contributed by atoms with van der Waals surface area (Å²) in [4.78, 5) is 33.6. The van der Waals surface area contributed by atoms with Crippen molar-refractivity contribution in [3.05, 3.63) is 54.4 Å². The number of nitrogens with two attached hydrogens (primary N) is 2. The second kappa shape index (κ2) is 10.6. The first-order valence-electron chi connectivity index (χ1n) is 10.4. The highest BCUT2D eigenvalue weighted by atomic mass is 16.3. The number of benzene rings is 1. The van der Waals surface area contributed by atoms with Gasteiger partial charge in [-0.05, 0) is 37.9 Å². The minimum Gasteiger partial charge on any atom is -0.446 e. The van der Waals surface area contributed by atoms with Crippen LogP contribution >= 0.6 is 0 Å². The molecule has 2 heterocycles. The smallest absolute Gasteiger partial charge is 0.277 e. The predicted octanol–water partition coefficient (Wildman–Crippen LogP) is 2.50. The van der Waals surface area contributed by atoms with Gasteiger partial charge in [0.05, 0.1) is 23.4 Å². The number of para-hydroxylation sites is 1. The van der Waals surface area contributed by atoms with E-state index in [0.717, 1.165) is 17.3 Å². The van der Waals surface area contributed by atoms with Crippen molar-refractivity contribution in [3.63, 3.8) is 0 Å². The summed E-state index contributed by atoms with van der Waals surface area (Å²) in [6, 6.07) is 8.35. The summed E-state index contributed by atoms with van der Waals surface area (Å²) in [7, 11) is 0. The van der Waals surface area contributed by atoms with Crippen LogP contribution in [0.25, 0.3) is 10.9 Å². The lowest BCUT2D eigenvalue weighted by Gasteiger charge is -2.18. The van der Waals surface area contributed by atoms with Gasteiger partial charge in [-0.1, -0.05) is 31.5 Å². The van der Waals surface area contributed by atoms with Gasteiger partial charge < -0.3 is 26.5 Å². The topological polar surface area (TPSA) is 149 Å². The molecular formula is C22H28N6O3. The second-order valence-electron chi connectivity index (χ2n) is 7.33. The molecule has 0 fully saturated rings. The lowest BCUT2D eigenvalue weighted by atomic mass is 10.1. The zero-order valence-corrected chi connectivity index (χ0v) is 17.5. The van der Waals surface area contributed by atoms with Crippen LogP contribution in [-0.2, 0) is 4.79 Å². The van der Waals surface area contributed by atoms with E-state index in [2.05, 4.69) is 20.6 Å². The standard InChI is InChI=1S/C22H28N6O3/c1-2-6-18(27-20(29)16(24)8-5-10-23)22-28-19(13-31-22)21(30)26-15-11-14-7-3-4-9-17(14)25-12-15/h3-4,7,9,11-13,16,18H,2,5-6,8,10,23-24H2,1H3,(H,26,30)(H,27,29)/t16-,18-/m1/s1. The van der Waals surface area contributed by atoms with E-state index in [4.69, 9.17) is 15.9 Å². The third-order valence-electron chi connectivity index (χ3n) is 4.85. The van der Waals surface area contributed by atoms with E-state index in [-0.39, 0.29) is 17.5 Å². The molecule has 6 N–H and O–H groups in total. The first-order chi connectivity index (χ1) is 15.0. The zero-order chi connectivity index (χ0) is 22.2. The molecule has 0 aliphatic carbocycles. The normalized spacial score (nSPS) is 13.0. The van der Waals surface area contributed by atoms with Crippen LogP contribution in [0.2, 0.25) is 0 Å². The van der Waals surface area contributed by atoms with E-state index in [1.807, 2.05) is 37.3 Å². The highest BCUT2D eigenvalue weighted by Gasteiger charge is 2.23. The van der Waals surface area contributed by atoms with E-state index in [1.165, 1.54) is 6.26 Å². The van der Waals surface area contributed by atoms with Gasteiger partial charge in [-0.25, -0.2) is 4.98 Å². The van der Waals surface area contributed by atoms with Crippen molar-refractivity contribution in [2.45, 2.75) is 44.7 Å². The van der Waals surface area contributed by atoms with Crippen molar-refractivity contribution in [1.29, 1.82) is 0 Å². The van der Waals surface area contributed by atoms with Crippen LogP contribution in [-0.4, -0.2) is 34.4 Å². The van der Waals surface area contributed by atoms with E-state index in [0.29, 0.717) is 31.5 Å². The van der Waals surface area contributed by atoms with Crippen LogP contribution in [0, 0.1) is 0 Å². The Morgan fingerprint density at radius 1 is 1.23 bits per heavy atom. The molecule has 3 aromatic rings. The van der Waals surface area contributed by atoms with Gasteiger partial charge in [0, 0.05) is 5.39 Å². The van der Waals surface area contributed by atoms with Crippen LogP contribution in [0.4, 0.5) is 5.69 Å². The molecule has 2 amide bonds. The molecule has 1 aromatic carbocycles. The van der Waals surface area contributed by atoms with Crippen LogP contribution < -0.4 is 22.1 Å². The fourth-order valence-electron chi connectivity index (χ4n) is 3.18. The zero-order valence-electron chi connectivity index (χ0n) is 17.5. The van der Waals surface area contributed by atoms with Crippen molar-refractivity contribution in [1.82, 2.24) is 15.3 Å². The van der Waals surface area contributed by atoms with Crippen LogP contribution in [0.15, 0.2) is 47.2 Å². The van der Waals surface area contributed by atoms with Crippen LogP contribution in [0.5, 0.6) is 0 Å². The summed E-state index contributed by atoms with van der Waals surface area (Å²) in [5, 5.41) is 6.55. The Hall–Kier alpha value is -3.30. The number of aromatic nitrogens is 2. The average molecular weight is 425 g/mol. The highest BCUT2D eigenvalue weighted by Crippen LogP contribution is 2.20. The Morgan fingerprint density at radius 2 is 2.03 bits per heavy atom. The molecule has 31 heavy (non-hydrogen) atoms. The minimum absolute atomic E-state index is 0.117. The maximum atomic E-state index is 12.6. The number of hydrogen-bond acceptors (Lipinski definition) is 7. The lowest BCUT2D eigenvalue weighted by Crippen LogP contribution is -2.42. The van der Waals surface area contributed by atoms with Crippen molar-refractivity contribution in [3.8, 4) is 0 Å². The molecule has 9 nitrogen and oxygen atoms in total. The largest absolute Gasteiger partial charge is 0.446 e. The molecule has 0 saturated heterocycles. The van der Waals surface area contributed by atoms with E-state index >= 15 is 0 Å². The fourth-order valence-corrected chi connectivity index (χ4v) is 3.18. The van der Waals surface area contributed by atoms with Crippen molar-refractivity contribution in [2.24, 2.45) is 11.5 Å². The molecule has 0 bridgehead atoms. The molecule has 0 radical (unpaired) electrons. The Morgan fingerprint density at radius 3 is 2.81 bits per heavy atom. The van der Waals surface area contributed by atoms with E-state index in [9.17, 15) is 9.59 Å². The van der Waals surface area contributed by atoms with Gasteiger partial charge in [-0.3, -0.25) is 14.6 Å². The third-order valence-corrected chi connectivity index (χ3v) is 4.85. The van der Waals surface area contributed by atoms with Crippen molar-refractivity contribution >= 4 is 28.4 Å². The Bertz CT molecular complexity index is 1030. The first kappa shape index (κ1) is 22.4. The fraction of sp³-hybridized carbons (Fsp3) is 0.364. The van der Waals surface area contributed by atoms with Gasteiger partial charge in [-0.2, -0.15) is 0 Å². The van der Waals surface area contributed by atoms with Gasteiger partial charge in [0.25, 0.3) is 5.91 Å². The number of rotatable bonds is 10. The highest BCUT2D eigenvalue weighted by molar-refractivity contribution is 6.03. The molecule has 2 aromatic heterocycles. The molecular weight excluding hydrogens is 396 g/mol.